The van der Waals surface area contributed by atoms with Crippen molar-refractivity contribution in [3.8, 4) is 5.88 Å². The van der Waals surface area contributed by atoms with Gasteiger partial charge in [-0.2, -0.15) is 0 Å². The summed E-state index contributed by atoms with van der Waals surface area (Å²) in [6.45, 7) is 4.74. The molecule has 3 N–H and O–H groups in total. The Morgan fingerprint density at radius 1 is 1.32 bits per heavy atom. The van der Waals surface area contributed by atoms with E-state index in [2.05, 4.69) is 10.3 Å². The van der Waals surface area contributed by atoms with Crippen molar-refractivity contribution in [2.45, 2.75) is 45.1 Å². The van der Waals surface area contributed by atoms with E-state index in [0.717, 1.165) is 18.4 Å². The number of aromatic nitrogens is 1. The first kappa shape index (κ1) is 19.2. The van der Waals surface area contributed by atoms with Gasteiger partial charge in [0.25, 0.3) is 5.91 Å². The molecule has 1 atom stereocenters. The van der Waals surface area contributed by atoms with Crippen LogP contribution in [0.25, 0.3) is 0 Å². The minimum atomic E-state index is -0.713. The number of rotatable bonds is 10. The van der Waals surface area contributed by atoms with Gasteiger partial charge in [-0.15, -0.1) is 0 Å². The van der Waals surface area contributed by atoms with Crippen LogP contribution in [-0.2, 0) is 9.53 Å². The van der Waals surface area contributed by atoms with E-state index in [0.29, 0.717) is 31.4 Å². The molecule has 2 amide bonds. The summed E-state index contributed by atoms with van der Waals surface area (Å²) >= 11 is 0. The maximum Gasteiger partial charge on any atom is 0.270 e. The average Bonchev–Trinajstić information content (AvgIpc) is 3.38. The Morgan fingerprint density at radius 3 is 2.60 bits per heavy atom. The van der Waals surface area contributed by atoms with Gasteiger partial charge in [0.1, 0.15) is 18.3 Å². The van der Waals surface area contributed by atoms with Crippen LogP contribution in [0.4, 0.5) is 0 Å². The molecule has 25 heavy (non-hydrogen) atoms. The highest BCUT2D eigenvalue weighted by molar-refractivity contribution is 5.96. The number of amides is 2. The molecule has 1 heterocycles. The van der Waals surface area contributed by atoms with Gasteiger partial charge in [-0.1, -0.05) is 19.9 Å². The van der Waals surface area contributed by atoms with E-state index in [-0.39, 0.29) is 11.6 Å². The van der Waals surface area contributed by atoms with Crippen LogP contribution < -0.4 is 15.8 Å². The van der Waals surface area contributed by atoms with Crippen LogP contribution in [-0.4, -0.2) is 43.2 Å². The first-order chi connectivity index (χ1) is 11.9. The molecule has 7 heteroatoms. The number of nitrogens with two attached hydrogens (primary N) is 1. The fraction of sp³-hybridized carbons (Fsp3) is 0.611. The predicted octanol–water partition coefficient (Wildman–Crippen LogP) is 1.61. The fourth-order valence-corrected chi connectivity index (χ4v) is 2.57. The average molecular weight is 349 g/mol. The van der Waals surface area contributed by atoms with Gasteiger partial charge in [-0.05, 0) is 37.2 Å². The summed E-state index contributed by atoms with van der Waals surface area (Å²) in [7, 11) is 1.60. The minimum Gasteiger partial charge on any atom is -0.475 e. The molecule has 0 spiro atoms. The number of nitrogens with one attached hydrogen (secondary N) is 1. The predicted molar refractivity (Wildman–Crippen MR) is 93.5 cm³/mol. The molecule has 0 aliphatic heterocycles. The Labute approximate surface area is 148 Å². The summed E-state index contributed by atoms with van der Waals surface area (Å²) in [5, 5.41) is 2.67. The molecule has 7 nitrogen and oxygen atoms in total. The van der Waals surface area contributed by atoms with Crippen molar-refractivity contribution in [3.63, 3.8) is 0 Å². The lowest BCUT2D eigenvalue weighted by atomic mass is 10.0. The number of carbonyl (C=O) groups excluding carboxylic acids is 2. The van der Waals surface area contributed by atoms with Gasteiger partial charge < -0.3 is 20.5 Å². The van der Waals surface area contributed by atoms with Crippen molar-refractivity contribution in [2.24, 2.45) is 11.7 Å². The van der Waals surface area contributed by atoms with E-state index in [4.69, 9.17) is 15.2 Å². The first-order valence-electron chi connectivity index (χ1n) is 8.65. The Balaban J connectivity index is 2.12. The van der Waals surface area contributed by atoms with Gasteiger partial charge in [0.2, 0.25) is 11.8 Å². The van der Waals surface area contributed by atoms with E-state index < -0.39 is 17.9 Å². The van der Waals surface area contributed by atoms with Gasteiger partial charge in [-0.25, -0.2) is 4.98 Å². The summed E-state index contributed by atoms with van der Waals surface area (Å²) < 4.78 is 10.7. The van der Waals surface area contributed by atoms with Crippen molar-refractivity contribution in [1.29, 1.82) is 0 Å². The largest absolute Gasteiger partial charge is 0.475 e. The topological polar surface area (TPSA) is 104 Å². The zero-order valence-corrected chi connectivity index (χ0v) is 15.1. The molecule has 138 valence electrons. The molecule has 2 rings (SSSR count). The highest BCUT2D eigenvalue weighted by Crippen LogP contribution is 2.43. The lowest BCUT2D eigenvalue weighted by Gasteiger charge is -2.17. The molecule has 1 fully saturated rings. The van der Waals surface area contributed by atoms with Crippen LogP contribution in [0, 0.1) is 5.92 Å². The molecule has 1 aromatic heterocycles. The number of primary amides is 1. The lowest BCUT2D eigenvalue weighted by Crippen LogP contribution is -2.45. The molecule has 0 unspecified atom stereocenters. The van der Waals surface area contributed by atoms with Crippen molar-refractivity contribution in [3.05, 3.63) is 23.4 Å². The number of carbonyl (C=O) groups is 2. The number of nitrogens with zero attached hydrogens (tertiary/aromatic N) is 1. The van der Waals surface area contributed by atoms with Gasteiger partial charge in [0.05, 0.1) is 6.61 Å². The third-order valence-corrected chi connectivity index (χ3v) is 4.02. The Hall–Kier alpha value is -2.15. The standard InChI is InChI=1S/C18H27N3O4/c1-11(2)10-15(16(19)22)20-17(23)14-7-6-13(12-4-5-12)18(21-14)25-9-8-24-3/h6-7,11-12,15H,4-5,8-10H2,1-3H3,(H2,19,22)(H,20,23)/t15-/m0/s1. The second-order valence-electron chi connectivity index (χ2n) is 6.76. The molecule has 0 bridgehead atoms. The van der Waals surface area contributed by atoms with Gasteiger partial charge >= 0.3 is 0 Å². The van der Waals surface area contributed by atoms with E-state index in [1.54, 1.807) is 13.2 Å². The summed E-state index contributed by atoms with van der Waals surface area (Å²) in [4.78, 5) is 28.4. The quantitative estimate of drug-likeness (QED) is 0.625. The number of pyridine rings is 1. The zero-order valence-electron chi connectivity index (χ0n) is 15.1. The second-order valence-corrected chi connectivity index (χ2v) is 6.76. The number of methoxy groups -OCH3 is 1. The van der Waals surface area contributed by atoms with E-state index in [1.165, 1.54) is 0 Å². The molecular formula is C18H27N3O4. The Bertz CT molecular complexity index is 614. The van der Waals surface area contributed by atoms with Crippen LogP contribution in [0.1, 0.15) is 55.1 Å². The first-order valence-corrected chi connectivity index (χ1v) is 8.65. The van der Waals surface area contributed by atoms with Crippen LogP contribution in [0.5, 0.6) is 5.88 Å². The number of hydrogen-bond donors (Lipinski definition) is 2. The lowest BCUT2D eigenvalue weighted by molar-refractivity contribution is -0.120. The van der Waals surface area contributed by atoms with Crippen LogP contribution in [0.15, 0.2) is 12.1 Å². The molecule has 1 aliphatic rings. The molecule has 1 aromatic rings. The van der Waals surface area contributed by atoms with Crippen molar-refractivity contribution in [1.82, 2.24) is 10.3 Å². The van der Waals surface area contributed by atoms with Crippen molar-refractivity contribution in [2.75, 3.05) is 20.3 Å². The van der Waals surface area contributed by atoms with Crippen LogP contribution >= 0.6 is 0 Å². The molecule has 1 saturated carbocycles. The summed E-state index contributed by atoms with van der Waals surface area (Å²) in [5.41, 5.74) is 6.61. The third kappa shape index (κ3) is 5.70. The fourth-order valence-electron chi connectivity index (χ4n) is 2.57. The number of hydrogen-bond acceptors (Lipinski definition) is 5. The monoisotopic (exact) mass is 349 g/mol. The molecule has 0 radical (unpaired) electrons. The Morgan fingerprint density at radius 2 is 2.04 bits per heavy atom. The summed E-state index contributed by atoms with van der Waals surface area (Å²) in [6.07, 6.45) is 2.69. The Kier molecular flexibility index (Phi) is 6.75. The van der Waals surface area contributed by atoms with E-state index in [9.17, 15) is 9.59 Å². The van der Waals surface area contributed by atoms with E-state index in [1.807, 2.05) is 19.9 Å². The van der Waals surface area contributed by atoms with Crippen molar-refractivity contribution >= 4 is 11.8 Å². The third-order valence-electron chi connectivity index (χ3n) is 4.02. The van der Waals surface area contributed by atoms with E-state index >= 15 is 0 Å². The molecule has 1 aliphatic carbocycles. The summed E-state index contributed by atoms with van der Waals surface area (Å²) in [6, 6.07) is 2.83. The smallest absolute Gasteiger partial charge is 0.270 e. The molecule has 0 aromatic carbocycles. The van der Waals surface area contributed by atoms with Crippen LogP contribution in [0.2, 0.25) is 0 Å². The normalized spacial score (nSPS) is 15.0. The maximum atomic E-state index is 12.5. The highest BCUT2D eigenvalue weighted by Gasteiger charge is 2.29. The van der Waals surface area contributed by atoms with Crippen molar-refractivity contribution < 1.29 is 19.1 Å². The van der Waals surface area contributed by atoms with Gasteiger partial charge in [0, 0.05) is 12.7 Å². The highest BCUT2D eigenvalue weighted by atomic mass is 16.5. The van der Waals surface area contributed by atoms with Gasteiger partial charge in [0.15, 0.2) is 0 Å². The molecular weight excluding hydrogens is 322 g/mol. The molecule has 0 saturated heterocycles. The maximum absolute atomic E-state index is 12.5. The SMILES string of the molecule is COCCOc1nc(C(=O)N[C@@H](CC(C)C)C(N)=O)ccc1C1CC1. The minimum absolute atomic E-state index is 0.215. The summed E-state index contributed by atoms with van der Waals surface area (Å²) in [5.74, 6) is 0.167. The van der Waals surface area contributed by atoms with Crippen LogP contribution in [0.3, 0.4) is 0 Å². The van der Waals surface area contributed by atoms with Gasteiger partial charge in [-0.3, -0.25) is 9.59 Å². The number of ether oxygens (including phenoxy) is 2. The zero-order chi connectivity index (χ0) is 18.4. The second kappa shape index (κ2) is 8.80.